The van der Waals surface area contributed by atoms with Crippen molar-refractivity contribution in [2.75, 3.05) is 12.8 Å². The van der Waals surface area contributed by atoms with Crippen molar-refractivity contribution < 1.29 is 4.74 Å². The van der Waals surface area contributed by atoms with Crippen molar-refractivity contribution in [3.05, 3.63) is 18.2 Å². The number of tetrazole rings is 1. The van der Waals surface area contributed by atoms with Crippen LogP contribution in [0.15, 0.2) is 18.2 Å². The first-order chi connectivity index (χ1) is 8.29. The normalized spacial score (nSPS) is 14.9. The van der Waals surface area contributed by atoms with E-state index in [9.17, 15) is 0 Å². The molecule has 1 aliphatic rings. The number of rotatable bonds is 3. The van der Waals surface area contributed by atoms with Gasteiger partial charge in [0.25, 0.3) is 0 Å². The molecule has 88 valence electrons. The van der Waals surface area contributed by atoms with E-state index in [2.05, 4.69) is 15.5 Å². The standard InChI is InChI=1S/C11H13N5O/c1-17-10-6-7(2-5-9(10)12)11-13-14-15-16(11)8-3-4-8/h2,5-6,8H,3-4,12H2,1H3. The topological polar surface area (TPSA) is 78.9 Å². The van der Waals surface area contributed by atoms with Crippen LogP contribution < -0.4 is 10.5 Å². The van der Waals surface area contributed by atoms with Crippen LogP contribution in [0.4, 0.5) is 5.69 Å². The molecule has 0 amide bonds. The summed E-state index contributed by atoms with van der Waals surface area (Å²) in [5.74, 6) is 1.42. The van der Waals surface area contributed by atoms with Gasteiger partial charge in [0, 0.05) is 5.56 Å². The number of methoxy groups -OCH3 is 1. The fourth-order valence-electron chi connectivity index (χ4n) is 1.80. The van der Waals surface area contributed by atoms with Crippen LogP contribution in [0.3, 0.4) is 0 Å². The molecular formula is C11H13N5O. The van der Waals surface area contributed by atoms with Crippen molar-refractivity contribution in [3.8, 4) is 17.1 Å². The highest BCUT2D eigenvalue weighted by molar-refractivity contribution is 5.65. The van der Waals surface area contributed by atoms with Gasteiger partial charge in [-0.1, -0.05) is 0 Å². The lowest BCUT2D eigenvalue weighted by atomic mass is 10.2. The van der Waals surface area contributed by atoms with E-state index in [0.29, 0.717) is 17.5 Å². The molecule has 17 heavy (non-hydrogen) atoms. The summed E-state index contributed by atoms with van der Waals surface area (Å²) < 4.78 is 7.06. The van der Waals surface area contributed by atoms with Gasteiger partial charge in [0.05, 0.1) is 18.8 Å². The molecule has 1 aliphatic carbocycles. The summed E-state index contributed by atoms with van der Waals surface area (Å²) >= 11 is 0. The molecule has 6 nitrogen and oxygen atoms in total. The number of nitrogens with two attached hydrogens (primary N) is 1. The fraction of sp³-hybridized carbons (Fsp3) is 0.364. The van der Waals surface area contributed by atoms with Gasteiger partial charge in [0.1, 0.15) is 5.75 Å². The number of ether oxygens (including phenoxy) is 1. The van der Waals surface area contributed by atoms with Crippen LogP contribution >= 0.6 is 0 Å². The molecule has 0 unspecified atom stereocenters. The molecule has 1 saturated carbocycles. The lowest BCUT2D eigenvalue weighted by Crippen LogP contribution is -2.00. The molecule has 0 saturated heterocycles. The van der Waals surface area contributed by atoms with Gasteiger partial charge in [-0.05, 0) is 41.5 Å². The summed E-state index contributed by atoms with van der Waals surface area (Å²) in [6.45, 7) is 0. The zero-order valence-electron chi connectivity index (χ0n) is 9.50. The predicted molar refractivity (Wildman–Crippen MR) is 62.5 cm³/mol. The first-order valence-corrected chi connectivity index (χ1v) is 5.51. The van der Waals surface area contributed by atoms with E-state index in [1.807, 2.05) is 16.8 Å². The average Bonchev–Trinajstić information content (AvgIpc) is 3.08. The predicted octanol–water partition coefficient (Wildman–Crippen LogP) is 1.27. The maximum atomic E-state index is 5.78. The fourth-order valence-corrected chi connectivity index (χ4v) is 1.80. The molecule has 1 fully saturated rings. The second-order valence-corrected chi connectivity index (χ2v) is 4.13. The summed E-state index contributed by atoms with van der Waals surface area (Å²) in [6, 6.07) is 6.02. The van der Waals surface area contributed by atoms with Crippen LogP contribution in [-0.2, 0) is 0 Å². The van der Waals surface area contributed by atoms with Gasteiger partial charge < -0.3 is 10.5 Å². The van der Waals surface area contributed by atoms with E-state index < -0.39 is 0 Å². The van der Waals surface area contributed by atoms with Crippen LogP contribution in [0.5, 0.6) is 5.75 Å². The Balaban J connectivity index is 2.05. The minimum Gasteiger partial charge on any atom is -0.495 e. The van der Waals surface area contributed by atoms with Gasteiger partial charge in [-0.25, -0.2) is 4.68 Å². The number of anilines is 1. The molecule has 0 atom stereocenters. The van der Waals surface area contributed by atoms with Gasteiger partial charge in [-0.2, -0.15) is 0 Å². The summed E-state index contributed by atoms with van der Waals surface area (Å²) in [5, 5.41) is 11.8. The Bertz CT molecular complexity index is 547. The Hall–Kier alpha value is -2.11. The lowest BCUT2D eigenvalue weighted by molar-refractivity contribution is 0.417. The third kappa shape index (κ3) is 1.71. The van der Waals surface area contributed by atoms with E-state index in [4.69, 9.17) is 10.5 Å². The van der Waals surface area contributed by atoms with E-state index >= 15 is 0 Å². The number of nitrogen functional groups attached to an aromatic ring is 1. The highest BCUT2D eigenvalue weighted by Crippen LogP contribution is 2.37. The zero-order chi connectivity index (χ0) is 11.8. The van der Waals surface area contributed by atoms with Crippen molar-refractivity contribution in [2.24, 2.45) is 0 Å². The van der Waals surface area contributed by atoms with E-state index in [0.717, 1.165) is 24.2 Å². The quantitative estimate of drug-likeness (QED) is 0.804. The summed E-state index contributed by atoms with van der Waals surface area (Å²) in [4.78, 5) is 0. The highest BCUT2D eigenvalue weighted by Gasteiger charge is 2.28. The van der Waals surface area contributed by atoms with Crippen LogP contribution in [0.25, 0.3) is 11.4 Å². The van der Waals surface area contributed by atoms with Crippen molar-refractivity contribution in [1.82, 2.24) is 20.2 Å². The molecule has 1 aromatic heterocycles. The Morgan fingerprint density at radius 1 is 1.41 bits per heavy atom. The first kappa shape index (κ1) is 10.1. The molecule has 3 rings (SSSR count). The van der Waals surface area contributed by atoms with Crippen molar-refractivity contribution >= 4 is 5.69 Å². The Kier molecular flexibility index (Phi) is 2.21. The molecule has 2 aromatic rings. The molecular weight excluding hydrogens is 218 g/mol. The van der Waals surface area contributed by atoms with Gasteiger partial charge in [-0.3, -0.25) is 0 Å². The average molecular weight is 231 g/mol. The van der Waals surface area contributed by atoms with Crippen LogP contribution in [0.2, 0.25) is 0 Å². The van der Waals surface area contributed by atoms with Crippen LogP contribution in [0.1, 0.15) is 18.9 Å². The van der Waals surface area contributed by atoms with Gasteiger partial charge in [0.2, 0.25) is 0 Å². The molecule has 0 aliphatic heterocycles. The molecule has 6 heteroatoms. The van der Waals surface area contributed by atoms with Gasteiger partial charge in [-0.15, -0.1) is 5.10 Å². The number of hydrogen-bond acceptors (Lipinski definition) is 5. The number of benzene rings is 1. The largest absolute Gasteiger partial charge is 0.495 e. The molecule has 0 bridgehead atoms. The number of hydrogen-bond donors (Lipinski definition) is 1. The van der Waals surface area contributed by atoms with E-state index in [-0.39, 0.29) is 0 Å². The van der Waals surface area contributed by atoms with E-state index in [1.54, 1.807) is 13.2 Å². The van der Waals surface area contributed by atoms with Crippen LogP contribution in [0, 0.1) is 0 Å². The smallest absolute Gasteiger partial charge is 0.182 e. The minimum absolute atomic E-state index is 0.448. The van der Waals surface area contributed by atoms with Crippen molar-refractivity contribution in [2.45, 2.75) is 18.9 Å². The third-order valence-corrected chi connectivity index (χ3v) is 2.88. The summed E-state index contributed by atoms with van der Waals surface area (Å²) in [5.41, 5.74) is 7.32. The molecule has 1 aromatic carbocycles. The minimum atomic E-state index is 0.448. The number of aromatic nitrogens is 4. The summed E-state index contributed by atoms with van der Waals surface area (Å²) in [6.07, 6.45) is 2.29. The summed E-state index contributed by atoms with van der Waals surface area (Å²) in [7, 11) is 1.60. The van der Waals surface area contributed by atoms with Crippen LogP contribution in [-0.4, -0.2) is 27.3 Å². The Labute approximate surface area is 98.4 Å². The Morgan fingerprint density at radius 3 is 2.94 bits per heavy atom. The third-order valence-electron chi connectivity index (χ3n) is 2.88. The molecule has 1 heterocycles. The zero-order valence-corrected chi connectivity index (χ0v) is 9.50. The maximum absolute atomic E-state index is 5.78. The van der Waals surface area contributed by atoms with E-state index in [1.165, 1.54) is 0 Å². The monoisotopic (exact) mass is 231 g/mol. The second kappa shape index (κ2) is 3.73. The highest BCUT2D eigenvalue weighted by atomic mass is 16.5. The molecule has 0 radical (unpaired) electrons. The SMILES string of the molecule is COc1cc(-c2nnnn2C2CC2)ccc1N. The maximum Gasteiger partial charge on any atom is 0.182 e. The van der Waals surface area contributed by atoms with Gasteiger partial charge in [0.15, 0.2) is 5.82 Å². The lowest BCUT2D eigenvalue weighted by Gasteiger charge is -2.07. The van der Waals surface area contributed by atoms with Gasteiger partial charge >= 0.3 is 0 Å². The van der Waals surface area contributed by atoms with Crippen molar-refractivity contribution in [1.29, 1.82) is 0 Å². The second-order valence-electron chi connectivity index (χ2n) is 4.13. The van der Waals surface area contributed by atoms with Crippen molar-refractivity contribution in [3.63, 3.8) is 0 Å². The number of nitrogens with zero attached hydrogens (tertiary/aromatic N) is 4. The molecule has 0 spiro atoms. The first-order valence-electron chi connectivity index (χ1n) is 5.51. The Morgan fingerprint density at radius 2 is 2.24 bits per heavy atom. The molecule has 2 N–H and O–H groups in total.